The third-order valence-corrected chi connectivity index (χ3v) is 6.14. The molecular weight excluding hydrogens is 419 g/mol. The van der Waals surface area contributed by atoms with Crippen LogP contribution < -0.4 is 5.32 Å². The summed E-state index contributed by atoms with van der Waals surface area (Å²) >= 11 is 14.8. The first-order valence-electron chi connectivity index (χ1n) is 7.96. The van der Waals surface area contributed by atoms with Gasteiger partial charge in [0.1, 0.15) is 0 Å². The Balaban J connectivity index is 1.53. The molecule has 7 heteroatoms. The van der Waals surface area contributed by atoms with Crippen LogP contribution in [-0.2, 0) is 4.79 Å². The highest BCUT2D eigenvalue weighted by Gasteiger charge is 2.23. The SMILES string of the molecule is O=C1NC(=Nc2csc(-c3ccc(Cl)cc3)c2)S/C1=C\c1ccc(Cl)cc1. The van der Waals surface area contributed by atoms with E-state index < -0.39 is 0 Å². The molecule has 1 aliphatic heterocycles. The molecule has 1 N–H and O–H groups in total. The molecule has 0 atom stereocenters. The zero-order valence-corrected chi connectivity index (χ0v) is 16.9. The van der Waals surface area contributed by atoms with E-state index in [1.807, 2.05) is 53.9 Å². The van der Waals surface area contributed by atoms with E-state index >= 15 is 0 Å². The minimum Gasteiger partial charge on any atom is -0.300 e. The largest absolute Gasteiger partial charge is 0.300 e. The van der Waals surface area contributed by atoms with E-state index in [4.69, 9.17) is 23.2 Å². The Kier molecular flexibility index (Phi) is 5.36. The number of amides is 1. The number of hydrogen-bond acceptors (Lipinski definition) is 4. The van der Waals surface area contributed by atoms with E-state index in [-0.39, 0.29) is 5.91 Å². The molecular formula is C20H12Cl2N2OS2. The first-order chi connectivity index (χ1) is 13.1. The van der Waals surface area contributed by atoms with Gasteiger partial charge in [0.2, 0.25) is 0 Å². The quantitative estimate of drug-likeness (QED) is 0.474. The standard InChI is InChI=1S/C20H12Cl2N2OS2/c21-14-5-1-12(2-6-14)9-18-19(25)24-20(27-18)23-16-10-17(26-11-16)13-3-7-15(22)8-4-13/h1-11H,(H,23,24,25)/b18-9-. The fraction of sp³-hybridized carbons (Fsp3) is 0. The zero-order valence-electron chi connectivity index (χ0n) is 13.8. The van der Waals surface area contributed by atoms with Crippen LogP contribution in [0.1, 0.15) is 5.56 Å². The van der Waals surface area contributed by atoms with Gasteiger partial charge in [-0.1, -0.05) is 47.5 Å². The van der Waals surface area contributed by atoms with Crippen molar-refractivity contribution in [3.05, 3.63) is 80.5 Å². The average molecular weight is 431 g/mol. The Hall–Kier alpha value is -2.05. The van der Waals surface area contributed by atoms with E-state index in [0.717, 1.165) is 21.7 Å². The van der Waals surface area contributed by atoms with Crippen molar-refractivity contribution in [2.45, 2.75) is 0 Å². The summed E-state index contributed by atoms with van der Waals surface area (Å²) in [5, 5.41) is 6.71. The molecule has 1 saturated heterocycles. The van der Waals surface area contributed by atoms with Crippen LogP contribution in [0.2, 0.25) is 10.0 Å². The van der Waals surface area contributed by atoms with Gasteiger partial charge in [-0.15, -0.1) is 11.3 Å². The Morgan fingerprint density at radius 3 is 2.33 bits per heavy atom. The van der Waals surface area contributed by atoms with Gasteiger partial charge in [0.25, 0.3) is 5.91 Å². The fourth-order valence-electron chi connectivity index (χ4n) is 2.46. The van der Waals surface area contributed by atoms with Crippen LogP contribution in [0.3, 0.4) is 0 Å². The van der Waals surface area contributed by atoms with Crippen LogP contribution in [0.4, 0.5) is 5.69 Å². The second kappa shape index (κ2) is 7.90. The molecule has 3 nitrogen and oxygen atoms in total. The molecule has 1 aromatic heterocycles. The predicted molar refractivity (Wildman–Crippen MR) is 117 cm³/mol. The molecule has 0 spiro atoms. The highest BCUT2D eigenvalue weighted by atomic mass is 35.5. The number of hydrogen-bond donors (Lipinski definition) is 1. The molecule has 0 aliphatic carbocycles. The van der Waals surface area contributed by atoms with E-state index in [1.165, 1.54) is 11.8 Å². The van der Waals surface area contributed by atoms with Crippen LogP contribution in [0.25, 0.3) is 16.5 Å². The van der Waals surface area contributed by atoms with Crippen LogP contribution >= 0.6 is 46.3 Å². The second-order valence-corrected chi connectivity index (χ2v) is 8.52. The summed E-state index contributed by atoms with van der Waals surface area (Å²) in [4.78, 5) is 18.4. The Morgan fingerprint density at radius 1 is 0.963 bits per heavy atom. The number of carbonyl (C=O) groups excluding carboxylic acids is 1. The maximum absolute atomic E-state index is 12.2. The molecule has 4 rings (SSSR count). The van der Waals surface area contributed by atoms with E-state index in [0.29, 0.717) is 20.1 Å². The third-order valence-electron chi connectivity index (χ3n) is 3.76. The van der Waals surface area contributed by atoms with Crippen molar-refractivity contribution in [3.63, 3.8) is 0 Å². The molecule has 0 saturated carbocycles. The van der Waals surface area contributed by atoms with Gasteiger partial charge in [0, 0.05) is 20.3 Å². The normalized spacial score (nSPS) is 16.9. The van der Waals surface area contributed by atoms with Crippen LogP contribution in [0.5, 0.6) is 0 Å². The molecule has 1 amide bonds. The summed E-state index contributed by atoms with van der Waals surface area (Å²) in [6.45, 7) is 0. The highest BCUT2D eigenvalue weighted by Crippen LogP contribution is 2.34. The van der Waals surface area contributed by atoms with Crippen molar-refractivity contribution in [2.75, 3.05) is 0 Å². The van der Waals surface area contributed by atoms with Crippen molar-refractivity contribution >= 4 is 69.1 Å². The molecule has 27 heavy (non-hydrogen) atoms. The summed E-state index contributed by atoms with van der Waals surface area (Å²) in [7, 11) is 0. The molecule has 2 heterocycles. The maximum Gasteiger partial charge on any atom is 0.264 e. The second-order valence-electron chi connectivity index (χ2n) is 5.71. The molecule has 0 bridgehead atoms. The molecule has 3 aromatic rings. The Bertz CT molecular complexity index is 1050. The van der Waals surface area contributed by atoms with Crippen molar-refractivity contribution < 1.29 is 4.79 Å². The number of rotatable bonds is 3. The monoisotopic (exact) mass is 430 g/mol. The first-order valence-corrected chi connectivity index (χ1v) is 10.4. The lowest BCUT2D eigenvalue weighted by Crippen LogP contribution is -2.19. The van der Waals surface area contributed by atoms with E-state index in [9.17, 15) is 4.79 Å². The summed E-state index contributed by atoms with van der Waals surface area (Å²) < 4.78 is 0. The van der Waals surface area contributed by atoms with Gasteiger partial charge in [-0.25, -0.2) is 4.99 Å². The molecule has 2 aromatic carbocycles. The predicted octanol–water partition coefficient (Wildman–Crippen LogP) is 6.61. The van der Waals surface area contributed by atoms with Crippen molar-refractivity contribution in [1.82, 2.24) is 5.32 Å². The number of thiophene rings is 1. The minimum absolute atomic E-state index is 0.151. The number of carbonyl (C=O) groups is 1. The third kappa shape index (κ3) is 4.45. The number of nitrogens with one attached hydrogen (secondary N) is 1. The topological polar surface area (TPSA) is 41.5 Å². The maximum atomic E-state index is 12.2. The number of benzene rings is 2. The molecule has 0 unspecified atom stereocenters. The van der Waals surface area contributed by atoms with Crippen molar-refractivity contribution in [3.8, 4) is 10.4 Å². The lowest BCUT2D eigenvalue weighted by atomic mass is 10.2. The zero-order chi connectivity index (χ0) is 18.8. The van der Waals surface area contributed by atoms with Crippen LogP contribution in [0, 0.1) is 0 Å². The van der Waals surface area contributed by atoms with Crippen LogP contribution in [0.15, 0.2) is 69.9 Å². The number of nitrogens with zero attached hydrogens (tertiary/aromatic N) is 1. The molecule has 1 aliphatic rings. The number of aliphatic imine (C=N–C) groups is 1. The first kappa shape index (κ1) is 18.3. The van der Waals surface area contributed by atoms with Crippen LogP contribution in [-0.4, -0.2) is 11.1 Å². The Morgan fingerprint density at radius 2 is 1.63 bits per heavy atom. The fourth-order valence-corrected chi connectivity index (χ4v) is 4.38. The Labute approximate surface area is 174 Å². The van der Waals surface area contributed by atoms with E-state index in [2.05, 4.69) is 10.3 Å². The molecule has 134 valence electrons. The van der Waals surface area contributed by atoms with Gasteiger partial charge in [-0.05, 0) is 59.3 Å². The van der Waals surface area contributed by atoms with Gasteiger partial charge < -0.3 is 5.32 Å². The summed E-state index contributed by atoms with van der Waals surface area (Å²) in [6.07, 6.45) is 1.83. The van der Waals surface area contributed by atoms with Crippen molar-refractivity contribution in [2.24, 2.45) is 4.99 Å². The number of thioether (sulfide) groups is 1. The van der Waals surface area contributed by atoms with E-state index in [1.54, 1.807) is 23.5 Å². The van der Waals surface area contributed by atoms with Crippen molar-refractivity contribution in [1.29, 1.82) is 0 Å². The molecule has 0 radical (unpaired) electrons. The van der Waals surface area contributed by atoms with Gasteiger partial charge in [-0.3, -0.25) is 4.79 Å². The minimum atomic E-state index is -0.151. The lowest BCUT2D eigenvalue weighted by molar-refractivity contribution is -0.115. The molecule has 1 fully saturated rings. The smallest absolute Gasteiger partial charge is 0.264 e. The van der Waals surface area contributed by atoms with Gasteiger partial charge in [0.05, 0.1) is 10.6 Å². The highest BCUT2D eigenvalue weighted by molar-refractivity contribution is 8.18. The van der Waals surface area contributed by atoms with Gasteiger partial charge in [0.15, 0.2) is 5.17 Å². The van der Waals surface area contributed by atoms with Gasteiger partial charge in [-0.2, -0.15) is 0 Å². The average Bonchev–Trinajstić information content (AvgIpc) is 3.25. The number of amidine groups is 1. The lowest BCUT2D eigenvalue weighted by Gasteiger charge is -1.96. The number of halogens is 2. The summed E-state index contributed by atoms with van der Waals surface area (Å²) in [6, 6.07) is 17.0. The summed E-state index contributed by atoms with van der Waals surface area (Å²) in [5.41, 5.74) is 2.81. The van der Waals surface area contributed by atoms with Gasteiger partial charge >= 0.3 is 0 Å². The summed E-state index contributed by atoms with van der Waals surface area (Å²) in [5.74, 6) is -0.151.